The molecule has 1 aromatic carbocycles. The van der Waals surface area contributed by atoms with Gasteiger partial charge in [0.2, 0.25) is 0 Å². The molecule has 0 saturated heterocycles. The summed E-state index contributed by atoms with van der Waals surface area (Å²) in [6.07, 6.45) is 7.23. The molecule has 0 bridgehead atoms. The van der Waals surface area contributed by atoms with Gasteiger partial charge in [-0.2, -0.15) is 0 Å². The third kappa shape index (κ3) is 1.09. The van der Waals surface area contributed by atoms with Crippen LogP contribution in [0.25, 0.3) is 28.4 Å². The van der Waals surface area contributed by atoms with Gasteiger partial charge in [-0.3, -0.25) is 0 Å². The van der Waals surface area contributed by atoms with E-state index in [0.29, 0.717) is 0 Å². The molecule has 4 nitrogen and oxygen atoms in total. The zero-order valence-electron chi connectivity index (χ0n) is 8.83. The maximum Gasteiger partial charge on any atom is 0.193 e. The summed E-state index contributed by atoms with van der Waals surface area (Å²) in [5.41, 5.74) is 2.76. The van der Waals surface area contributed by atoms with E-state index in [1.807, 2.05) is 41.2 Å². The molecular formula is C13H8N2O2. The fourth-order valence-corrected chi connectivity index (χ4v) is 2.16. The Morgan fingerprint density at radius 2 is 2.12 bits per heavy atom. The molecule has 82 valence electrons. The Kier molecular flexibility index (Phi) is 1.53. The van der Waals surface area contributed by atoms with Crippen LogP contribution in [0.5, 0.6) is 5.75 Å². The normalized spacial score (nSPS) is 12.9. The highest BCUT2D eigenvalue weighted by atomic mass is 16.5. The monoisotopic (exact) mass is 224 g/mol. The van der Waals surface area contributed by atoms with E-state index in [4.69, 9.17) is 9.26 Å². The van der Waals surface area contributed by atoms with Gasteiger partial charge in [-0.05, 0) is 12.1 Å². The molecule has 2 aromatic heterocycles. The van der Waals surface area contributed by atoms with Crippen molar-refractivity contribution in [3.8, 4) is 17.0 Å². The zero-order valence-corrected chi connectivity index (χ0v) is 8.83. The van der Waals surface area contributed by atoms with E-state index < -0.39 is 0 Å². The van der Waals surface area contributed by atoms with Crippen molar-refractivity contribution in [3.63, 3.8) is 0 Å². The van der Waals surface area contributed by atoms with Crippen molar-refractivity contribution in [1.29, 1.82) is 0 Å². The Morgan fingerprint density at radius 1 is 1.18 bits per heavy atom. The first kappa shape index (κ1) is 8.64. The van der Waals surface area contributed by atoms with Crippen molar-refractivity contribution in [2.24, 2.45) is 0 Å². The predicted molar refractivity (Wildman–Crippen MR) is 63.4 cm³/mol. The molecule has 0 aliphatic carbocycles. The molecule has 4 rings (SSSR count). The number of para-hydroxylation sites is 1. The quantitative estimate of drug-likeness (QED) is 0.589. The highest BCUT2D eigenvalue weighted by Crippen LogP contribution is 2.37. The lowest BCUT2D eigenvalue weighted by Gasteiger charge is -2.04. The molecule has 0 N–H and O–H groups in total. The minimum atomic E-state index is 0.785. The minimum Gasteiger partial charge on any atom is -0.463 e. The van der Waals surface area contributed by atoms with Crippen LogP contribution in [0.1, 0.15) is 0 Å². The van der Waals surface area contributed by atoms with Gasteiger partial charge >= 0.3 is 0 Å². The highest BCUT2D eigenvalue weighted by molar-refractivity contribution is 5.94. The Balaban J connectivity index is 2.17. The lowest BCUT2D eigenvalue weighted by Crippen LogP contribution is -1.87. The number of fused-ring (bicyclic) bond motifs is 5. The fourth-order valence-electron chi connectivity index (χ4n) is 2.16. The molecule has 0 spiro atoms. The standard InChI is InChI=1S/C13H8N2O2/c1-2-4-11-10(3-1)12-13-9(7-14-17-13)8-15(12)5-6-16-11/h1-8H. The van der Waals surface area contributed by atoms with E-state index in [1.54, 1.807) is 12.5 Å². The molecular weight excluding hydrogens is 216 g/mol. The van der Waals surface area contributed by atoms with E-state index in [-0.39, 0.29) is 0 Å². The SMILES string of the molecule is C1=Cn2cc3cnoc3c2-c2ccccc2O1. The van der Waals surface area contributed by atoms with Crippen LogP contribution in [0.2, 0.25) is 0 Å². The van der Waals surface area contributed by atoms with Gasteiger partial charge in [0, 0.05) is 18.0 Å². The van der Waals surface area contributed by atoms with Crippen LogP contribution in [-0.4, -0.2) is 9.72 Å². The first-order valence-electron chi connectivity index (χ1n) is 5.31. The molecule has 3 heterocycles. The van der Waals surface area contributed by atoms with Gasteiger partial charge in [0.25, 0.3) is 0 Å². The fraction of sp³-hybridized carbons (Fsp3) is 0. The number of hydrogen-bond acceptors (Lipinski definition) is 3. The second-order valence-corrected chi connectivity index (χ2v) is 3.89. The summed E-state index contributed by atoms with van der Waals surface area (Å²) in [6, 6.07) is 7.87. The molecule has 17 heavy (non-hydrogen) atoms. The molecule has 3 aromatic rings. The molecule has 0 unspecified atom stereocenters. The van der Waals surface area contributed by atoms with Crippen molar-refractivity contribution < 1.29 is 9.26 Å². The Morgan fingerprint density at radius 3 is 3.12 bits per heavy atom. The summed E-state index contributed by atoms with van der Waals surface area (Å²) in [5, 5.41) is 4.81. The van der Waals surface area contributed by atoms with Crippen LogP contribution < -0.4 is 4.74 Å². The zero-order chi connectivity index (χ0) is 11.2. The third-order valence-electron chi connectivity index (χ3n) is 2.91. The number of rotatable bonds is 0. The number of nitrogens with zero attached hydrogens (tertiary/aromatic N) is 2. The van der Waals surface area contributed by atoms with E-state index in [9.17, 15) is 0 Å². The minimum absolute atomic E-state index is 0.785. The van der Waals surface area contributed by atoms with Crippen LogP contribution >= 0.6 is 0 Å². The Hall–Kier alpha value is -2.49. The molecule has 0 amide bonds. The molecule has 4 heteroatoms. The summed E-state index contributed by atoms with van der Waals surface area (Å²) in [7, 11) is 0. The molecule has 0 saturated carbocycles. The van der Waals surface area contributed by atoms with Crippen molar-refractivity contribution in [2.45, 2.75) is 0 Å². The lowest BCUT2D eigenvalue weighted by atomic mass is 10.1. The van der Waals surface area contributed by atoms with Gasteiger partial charge in [0.1, 0.15) is 17.7 Å². The van der Waals surface area contributed by atoms with Crippen LogP contribution in [0.3, 0.4) is 0 Å². The van der Waals surface area contributed by atoms with Crippen LogP contribution in [0.4, 0.5) is 0 Å². The molecule has 0 atom stereocenters. The first-order valence-corrected chi connectivity index (χ1v) is 5.31. The average molecular weight is 224 g/mol. The second-order valence-electron chi connectivity index (χ2n) is 3.89. The van der Waals surface area contributed by atoms with Crippen molar-refractivity contribution in [2.75, 3.05) is 0 Å². The molecule has 0 fully saturated rings. The average Bonchev–Trinajstić information content (AvgIpc) is 2.86. The largest absolute Gasteiger partial charge is 0.463 e. The maximum absolute atomic E-state index is 5.55. The van der Waals surface area contributed by atoms with Crippen LogP contribution in [0.15, 0.2) is 47.4 Å². The van der Waals surface area contributed by atoms with Crippen LogP contribution in [0, 0.1) is 0 Å². The van der Waals surface area contributed by atoms with E-state index in [1.165, 1.54) is 0 Å². The maximum atomic E-state index is 5.55. The van der Waals surface area contributed by atoms with Gasteiger partial charge in [0.05, 0.1) is 11.6 Å². The summed E-state index contributed by atoms with van der Waals surface area (Å²) in [5.74, 6) is 0.818. The van der Waals surface area contributed by atoms with Crippen molar-refractivity contribution in [3.05, 3.63) is 42.9 Å². The summed E-state index contributed by atoms with van der Waals surface area (Å²) >= 11 is 0. The second kappa shape index (κ2) is 3.01. The lowest BCUT2D eigenvalue weighted by molar-refractivity contribution is 0.456. The van der Waals surface area contributed by atoms with Gasteiger partial charge in [-0.15, -0.1) is 0 Å². The predicted octanol–water partition coefficient (Wildman–Crippen LogP) is 3.12. The van der Waals surface area contributed by atoms with Crippen molar-refractivity contribution in [1.82, 2.24) is 9.72 Å². The summed E-state index contributed by atoms with van der Waals surface area (Å²) in [6.45, 7) is 0. The van der Waals surface area contributed by atoms with Crippen molar-refractivity contribution >= 4 is 17.2 Å². The van der Waals surface area contributed by atoms with Crippen LogP contribution in [-0.2, 0) is 0 Å². The summed E-state index contributed by atoms with van der Waals surface area (Å²) < 4.78 is 12.8. The van der Waals surface area contributed by atoms with Gasteiger partial charge < -0.3 is 13.8 Å². The smallest absolute Gasteiger partial charge is 0.193 e. The Labute approximate surface area is 96.7 Å². The van der Waals surface area contributed by atoms with E-state index >= 15 is 0 Å². The first-order chi connectivity index (χ1) is 8.43. The van der Waals surface area contributed by atoms with Gasteiger partial charge in [-0.25, -0.2) is 0 Å². The Bertz CT molecular complexity index is 737. The molecule has 1 aliphatic rings. The molecule has 0 radical (unpaired) electrons. The van der Waals surface area contributed by atoms with Gasteiger partial charge in [-0.1, -0.05) is 17.3 Å². The topological polar surface area (TPSA) is 40.2 Å². The van der Waals surface area contributed by atoms with E-state index in [0.717, 1.165) is 28.0 Å². The number of benzene rings is 1. The number of aromatic nitrogens is 2. The van der Waals surface area contributed by atoms with Gasteiger partial charge in [0.15, 0.2) is 5.58 Å². The summed E-state index contributed by atoms with van der Waals surface area (Å²) in [4.78, 5) is 0. The molecule has 1 aliphatic heterocycles. The third-order valence-corrected chi connectivity index (χ3v) is 2.91. The number of hydrogen-bond donors (Lipinski definition) is 0. The van der Waals surface area contributed by atoms with E-state index in [2.05, 4.69) is 5.16 Å². The highest BCUT2D eigenvalue weighted by Gasteiger charge is 2.19. The number of ether oxygens (including phenoxy) is 1.